The van der Waals surface area contributed by atoms with E-state index in [-0.39, 0.29) is 18.9 Å². The summed E-state index contributed by atoms with van der Waals surface area (Å²) < 4.78 is 22.8. The molecule has 14 heteroatoms. The topological polar surface area (TPSA) is 228 Å². The highest BCUT2D eigenvalue weighted by Gasteiger charge is 2.51. The second-order valence-corrected chi connectivity index (χ2v) is 23.9. The number of carbonyl (C=O) groups excluding carboxylic acids is 1. The predicted octanol–water partition coefficient (Wildman–Crippen LogP) is 14.1. The lowest BCUT2D eigenvalue weighted by atomic mass is 9.97. The van der Waals surface area contributed by atoms with Gasteiger partial charge in [0.25, 0.3) is 0 Å². The van der Waals surface area contributed by atoms with E-state index in [1.165, 1.54) is 109 Å². The number of hydrogen-bond donors (Lipinski definition) is 9. The Morgan fingerprint density at radius 3 is 1.25 bits per heavy atom. The van der Waals surface area contributed by atoms with Crippen molar-refractivity contribution in [2.24, 2.45) is 0 Å². The Balaban J connectivity index is 1.72. The van der Waals surface area contributed by atoms with Crippen molar-refractivity contribution < 1.29 is 64.6 Å². The summed E-state index contributed by atoms with van der Waals surface area (Å²) in [5.74, 6) is -0.267. The highest BCUT2D eigenvalue weighted by Crippen LogP contribution is 2.30. The van der Waals surface area contributed by atoms with Gasteiger partial charge < -0.3 is 65.1 Å². The van der Waals surface area contributed by atoms with Gasteiger partial charge in [0.1, 0.15) is 48.8 Å². The summed E-state index contributed by atoms with van der Waals surface area (Å²) in [4.78, 5) is 13.3. The second-order valence-electron chi connectivity index (χ2n) is 23.9. The van der Waals surface area contributed by atoms with Crippen LogP contribution in [0.1, 0.15) is 245 Å². The van der Waals surface area contributed by atoms with Gasteiger partial charge in [0.05, 0.1) is 32.0 Å². The van der Waals surface area contributed by atoms with Gasteiger partial charge in [0.2, 0.25) is 5.91 Å². The quantitative estimate of drug-likeness (QED) is 0.0204. The van der Waals surface area contributed by atoms with Gasteiger partial charge in [-0.05, 0) is 96.3 Å². The number of aliphatic hydroxyl groups excluding tert-OH is 8. The zero-order valence-electron chi connectivity index (χ0n) is 54.7. The predicted molar refractivity (Wildman–Crippen MR) is 359 cm³/mol. The van der Waals surface area contributed by atoms with Gasteiger partial charge in [-0.2, -0.15) is 0 Å². The van der Waals surface area contributed by atoms with Crippen LogP contribution in [0.3, 0.4) is 0 Å². The summed E-state index contributed by atoms with van der Waals surface area (Å²) in [6.07, 6.45) is 66.7. The summed E-state index contributed by atoms with van der Waals surface area (Å²) in [5, 5.41) is 87.4. The molecular formula is C74H125NO13. The van der Waals surface area contributed by atoms with E-state index < -0.39 is 86.8 Å². The van der Waals surface area contributed by atoms with Gasteiger partial charge in [-0.15, -0.1) is 0 Å². The first kappa shape index (κ1) is 80.5. The van der Waals surface area contributed by atoms with Crippen molar-refractivity contribution in [3.05, 3.63) is 122 Å². The number of nitrogens with one attached hydrogen (secondary N) is 1. The van der Waals surface area contributed by atoms with Crippen molar-refractivity contribution in [1.29, 1.82) is 0 Å². The lowest BCUT2D eigenvalue weighted by Crippen LogP contribution is -2.65. The van der Waals surface area contributed by atoms with Gasteiger partial charge in [-0.25, -0.2) is 0 Å². The standard InChI is InChI=1S/C74H125NO13/c1-3-5-7-9-11-13-15-17-19-21-23-25-27-28-29-30-31-32-33-34-36-38-40-42-44-46-48-50-52-54-56-58-66(79)75-62(61-85-73-71(84)69(82)72(65(60-77)87-73)88-74-70(83)68(81)67(80)64(59-76)86-74)63(78)57-55-53-51-49-47-45-43-41-39-37-35-26-24-22-20-18-16-14-12-10-8-6-4-2/h5,7,11,13,17,19,23,25,28-29,31-32,34,36,40,42,47,49,55,57,62-65,67-74,76-78,80-84H,3-4,6,8-10,12,14-16,18,20-22,24,26-27,30,33,35,37-39,41,43-46,48,50-54,56,58-61H2,1-2H3,(H,75,79)/b7-5-,13-11-,19-17-,25-23-,29-28-,32-31-,36-34-,42-40-,49-47+,57-55+. The number of hydrogen-bond acceptors (Lipinski definition) is 13. The van der Waals surface area contributed by atoms with E-state index in [1.54, 1.807) is 6.08 Å². The Labute approximate surface area is 533 Å². The SMILES string of the molecule is CC/C=C\C/C=C\C/C=C\C/C=C\C/C=C\C/C=C\C/C=C\C/C=C\CCCCCCCCC(=O)NC(COC1OC(CO)C(OC2OC(CO)C(O)C(O)C2O)C(O)C1O)C(O)/C=C/CC/C=C/CCCCCCCCCCCCCCCCCCC. The Kier molecular flexibility index (Phi) is 52.4. The van der Waals surface area contributed by atoms with E-state index in [2.05, 4.69) is 129 Å². The molecule has 504 valence electrons. The average Bonchev–Trinajstić information content (AvgIpc) is 3.10. The van der Waals surface area contributed by atoms with E-state index in [4.69, 9.17) is 18.9 Å². The third kappa shape index (κ3) is 41.0. The average molecular weight is 1240 g/mol. The van der Waals surface area contributed by atoms with E-state index in [0.29, 0.717) is 12.8 Å². The van der Waals surface area contributed by atoms with Crippen molar-refractivity contribution >= 4 is 5.91 Å². The molecule has 12 unspecified atom stereocenters. The molecule has 0 aromatic rings. The Hall–Kier alpha value is -3.61. The molecule has 2 saturated heterocycles. The molecule has 0 aliphatic carbocycles. The molecule has 0 bridgehead atoms. The number of amides is 1. The maximum absolute atomic E-state index is 13.3. The largest absolute Gasteiger partial charge is 0.394 e. The first-order valence-electron chi connectivity index (χ1n) is 34.8. The minimum absolute atomic E-state index is 0.248. The van der Waals surface area contributed by atoms with Crippen LogP contribution in [-0.4, -0.2) is 140 Å². The van der Waals surface area contributed by atoms with Crippen molar-refractivity contribution in [3.63, 3.8) is 0 Å². The third-order valence-corrected chi connectivity index (χ3v) is 16.1. The maximum Gasteiger partial charge on any atom is 0.220 e. The van der Waals surface area contributed by atoms with Crippen LogP contribution in [0.5, 0.6) is 0 Å². The molecule has 2 aliphatic heterocycles. The number of rotatable bonds is 55. The van der Waals surface area contributed by atoms with Crippen molar-refractivity contribution in [2.75, 3.05) is 19.8 Å². The van der Waals surface area contributed by atoms with Crippen LogP contribution >= 0.6 is 0 Å². The molecule has 88 heavy (non-hydrogen) atoms. The normalized spacial score (nSPS) is 23.9. The molecule has 2 aliphatic rings. The molecule has 12 atom stereocenters. The van der Waals surface area contributed by atoms with Crippen molar-refractivity contribution in [3.8, 4) is 0 Å². The maximum atomic E-state index is 13.3. The smallest absolute Gasteiger partial charge is 0.220 e. The number of ether oxygens (including phenoxy) is 4. The number of allylic oxidation sites excluding steroid dienone is 19. The fraction of sp³-hybridized carbons (Fsp3) is 0.716. The zero-order valence-corrected chi connectivity index (χ0v) is 54.7. The summed E-state index contributed by atoms with van der Waals surface area (Å²) in [6.45, 7) is 2.66. The Morgan fingerprint density at radius 2 is 0.795 bits per heavy atom. The summed E-state index contributed by atoms with van der Waals surface area (Å²) >= 11 is 0. The monoisotopic (exact) mass is 1240 g/mol. The molecule has 0 aromatic carbocycles. The van der Waals surface area contributed by atoms with Gasteiger partial charge in [-0.3, -0.25) is 4.79 Å². The molecule has 14 nitrogen and oxygen atoms in total. The first-order valence-corrected chi connectivity index (χ1v) is 34.8. The molecule has 1 amide bonds. The molecule has 0 spiro atoms. The van der Waals surface area contributed by atoms with Gasteiger partial charge >= 0.3 is 0 Å². The lowest BCUT2D eigenvalue weighted by molar-refractivity contribution is -0.359. The summed E-state index contributed by atoms with van der Waals surface area (Å²) in [6, 6.07) is -0.950. The van der Waals surface area contributed by atoms with Crippen LogP contribution in [0.25, 0.3) is 0 Å². The molecule has 9 N–H and O–H groups in total. The van der Waals surface area contributed by atoms with E-state index in [1.807, 2.05) is 6.08 Å². The lowest BCUT2D eigenvalue weighted by Gasteiger charge is -2.46. The van der Waals surface area contributed by atoms with Gasteiger partial charge in [-0.1, -0.05) is 264 Å². The van der Waals surface area contributed by atoms with Crippen LogP contribution in [0.15, 0.2) is 122 Å². The van der Waals surface area contributed by atoms with E-state index >= 15 is 0 Å². The van der Waals surface area contributed by atoms with Crippen molar-refractivity contribution in [1.82, 2.24) is 5.32 Å². The Morgan fingerprint density at radius 1 is 0.420 bits per heavy atom. The zero-order chi connectivity index (χ0) is 63.8. The van der Waals surface area contributed by atoms with Crippen LogP contribution in [-0.2, 0) is 23.7 Å². The molecule has 2 heterocycles. The number of unbranched alkanes of at least 4 members (excludes halogenated alkanes) is 24. The molecule has 0 aromatic heterocycles. The minimum Gasteiger partial charge on any atom is -0.394 e. The van der Waals surface area contributed by atoms with Crippen LogP contribution in [0.4, 0.5) is 0 Å². The van der Waals surface area contributed by atoms with Gasteiger partial charge in [0.15, 0.2) is 12.6 Å². The molecule has 2 rings (SSSR count). The van der Waals surface area contributed by atoms with Crippen LogP contribution < -0.4 is 5.32 Å². The fourth-order valence-corrected chi connectivity index (χ4v) is 10.6. The van der Waals surface area contributed by atoms with E-state index in [0.717, 1.165) is 103 Å². The van der Waals surface area contributed by atoms with Crippen LogP contribution in [0, 0.1) is 0 Å². The highest BCUT2D eigenvalue weighted by molar-refractivity contribution is 5.76. The molecule has 0 radical (unpaired) electrons. The number of aliphatic hydroxyl groups is 8. The van der Waals surface area contributed by atoms with E-state index in [9.17, 15) is 45.6 Å². The summed E-state index contributed by atoms with van der Waals surface area (Å²) in [7, 11) is 0. The summed E-state index contributed by atoms with van der Waals surface area (Å²) in [5.41, 5.74) is 0. The molecule has 0 saturated carbocycles. The van der Waals surface area contributed by atoms with Crippen LogP contribution in [0.2, 0.25) is 0 Å². The Bertz CT molecular complexity index is 1940. The number of carbonyl (C=O) groups is 1. The third-order valence-electron chi connectivity index (χ3n) is 16.1. The second kappa shape index (κ2) is 57.3. The van der Waals surface area contributed by atoms with Crippen molar-refractivity contribution in [2.45, 2.75) is 319 Å². The minimum atomic E-state index is -1.80. The molecular weight excluding hydrogens is 1110 g/mol. The molecule has 2 fully saturated rings. The highest BCUT2D eigenvalue weighted by atomic mass is 16.7. The van der Waals surface area contributed by atoms with Gasteiger partial charge in [0, 0.05) is 6.42 Å². The fourth-order valence-electron chi connectivity index (χ4n) is 10.6. The first-order chi connectivity index (χ1) is 43.1.